The highest BCUT2D eigenvalue weighted by atomic mass is 16.2. The van der Waals surface area contributed by atoms with E-state index in [9.17, 15) is 4.79 Å². The van der Waals surface area contributed by atoms with Gasteiger partial charge in [-0.25, -0.2) is 4.79 Å². The van der Waals surface area contributed by atoms with Crippen molar-refractivity contribution in [3.8, 4) is 0 Å². The number of nitrogens with one attached hydrogen (secondary N) is 2. The topological polar surface area (TPSA) is 54.0 Å². The Morgan fingerprint density at radius 2 is 2.13 bits per heavy atom. The summed E-state index contributed by atoms with van der Waals surface area (Å²) in [4.78, 5) is 15.2. The van der Waals surface area contributed by atoms with Gasteiger partial charge in [0.05, 0.1) is 0 Å². The number of rotatable bonds is 4. The van der Waals surface area contributed by atoms with Crippen molar-refractivity contribution in [2.24, 2.45) is 0 Å². The van der Waals surface area contributed by atoms with Crippen LogP contribution in [0.1, 0.15) is 18.4 Å². The molecule has 0 atom stereocenters. The summed E-state index contributed by atoms with van der Waals surface area (Å²) in [7, 11) is 0. The second-order valence-corrected chi connectivity index (χ2v) is 3.78. The van der Waals surface area contributed by atoms with Crippen molar-refractivity contribution in [1.29, 1.82) is 0 Å². The van der Waals surface area contributed by atoms with E-state index in [1.165, 1.54) is 5.56 Å². The first-order chi connectivity index (χ1) is 7.34. The lowest BCUT2D eigenvalue weighted by Crippen LogP contribution is -2.37. The highest BCUT2D eigenvalue weighted by Gasteiger charge is 2.22. The molecule has 1 aliphatic carbocycles. The van der Waals surface area contributed by atoms with Gasteiger partial charge in [0.1, 0.15) is 0 Å². The number of carbonyl (C=O) groups excluding carboxylic acids is 1. The van der Waals surface area contributed by atoms with Crippen LogP contribution in [0.5, 0.6) is 0 Å². The predicted octanol–water partition coefficient (Wildman–Crippen LogP) is 1.09. The molecule has 1 aromatic rings. The molecule has 0 bridgehead atoms. The highest BCUT2D eigenvalue weighted by molar-refractivity contribution is 5.74. The van der Waals surface area contributed by atoms with E-state index in [1.54, 1.807) is 12.4 Å². The maximum atomic E-state index is 11.2. The van der Waals surface area contributed by atoms with Gasteiger partial charge in [-0.2, -0.15) is 0 Å². The molecular weight excluding hydrogens is 190 g/mol. The normalized spacial score (nSPS) is 14.7. The number of hydrogen-bond donors (Lipinski definition) is 2. The maximum absolute atomic E-state index is 11.2. The number of urea groups is 1. The Hall–Kier alpha value is -1.58. The molecule has 0 saturated heterocycles. The van der Waals surface area contributed by atoms with E-state index in [2.05, 4.69) is 15.6 Å². The molecule has 1 saturated carbocycles. The number of nitrogens with zero attached hydrogens (tertiary/aromatic N) is 1. The van der Waals surface area contributed by atoms with Gasteiger partial charge in [-0.05, 0) is 37.0 Å². The molecule has 4 nitrogen and oxygen atoms in total. The molecule has 2 N–H and O–H groups in total. The molecule has 0 spiro atoms. The first kappa shape index (κ1) is 9.96. The quantitative estimate of drug-likeness (QED) is 0.773. The molecule has 0 unspecified atom stereocenters. The predicted molar refractivity (Wildman–Crippen MR) is 57.5 cm³/mol. The molecule has 1 aromatic heterocycles. The molecule has 15 heavy (non-hydrogen) atoms. The van der Waals surface area contributed by atoms with Crippen LogP contribution >= 0.6 is 0 Å². The van der Waals surface area contributed by atoms with Crippen molar-refractivity contribution < 1.29 is 4.79 Å². The molecule has 2 rings (SSSR count). The minimum atomic E-state index is -0.0495. The minimum absolute atomic E-state index is 0.0495. The van der Waals surface area contributed by atoms with Crippen LogP contribution in [-0.4, -0.2) is 23.6 Å². The molecule has 1 aliphatic rings. The van der Waals surface area contributed by atoms with Gasteiger partial charge >= 0.3 is 6.03 Å². The summed E-state index contributed by atoms with van der Waals surface area (Å²) in [5, 5.41) is 5.71. The fourth-order valence-electron chi connectivity index (χ4n) is 1.33. The fourth-order valence-corrected chi connectivity index (χ4v) is 1.33. The van der Waals surface area contributed by atoms with Crippen LogP contribution < -0.4 is 10.6 Å². The van der Waals surface area contributed by atoms with Crippen LogP contribution in [0, 0.1) is 0 Å². The zero-order valence-corrected chi connectivity index (χ0v) is 8.57. The standard InChI is InChI=1S/C11H15N3O/c15-11(14-10-1-2-10)13-8-5-9-3-6-12-7-4-9/h3-4,6-7,10H,1-2,5,8H2,(H2,13,14,15). The molecule has 0 radical (unpaired) electrons. The highest BCUT2D eigenvalue weighted by Crippen LogP contribution is 2.18. The van der Waals surface area contributed by atoms with Crippen molar-refractivity contribution in [2.45, 2.75) is 25.3 Å². The van der Waals surface area contributed by atoms with Gasteiger partial charge in [0.15, 0.2) is 0 Å². The fraction of sp³-hybridized carbons (Fsp3) is 0.455. The number of amides is 2. The minimum Gasteiger partial charge on any atom is -0.338 e. The molecule has 80 valence electrons. The maximum Gasteiger partial charge on any atom is 0.315 e. The number of pyridine rings is 1. The molecular formula is C11H15N3O. The zero-order chi connectivity index (χ0) is 10.5. The second-order valence-electron chi connectivity index (χ2n) is 3.78. The Labute approximate surface area is 89.1 Å². The summed E-state index contributed by atoms with van der Waals surface area (Å²) in [6.07, 6.45) is 6.62. The average molecular weight is 205 g/mol. The third kappa shape index (κ3) is 3.58. The van der Waals surface area contributed by atoms with Crippen molar-refractivity contribution in [3.63, 3.8) is 0 Å². The summed E-state index contributed by atoms with van der Waals surface area (Å²) in [6, 6.07) is 4.29. The molecule has 0 aliphatic heterocycles. The van der Waals surface area contributed by atoms with Crippen LogP contribution in [-0.2, 0) is 6.42 Å². The largest absolute Gasteiger partial charge is 0.338 e. The van der Waals surface area contributed by atoms with Crippen molar-refractivity contribution in [2.75, 3.05) is 6.54 Å². The van der Waals surface area contributed by atoms with Crippen molar-refractivity contribution >= 4 is 6.03 Å². The van der Waals surface area contributed by atoms with Crippen LogP contribution in [0.25, 0.3) is 0 Å². The van der Waals surface area contributed by atoms with E-state index >= 15 is 0 Å². The molecule has 0 aromatic carbocycles. The first-order valence-corrected chi connectivity index (χ1v) is 5.28. The Bertz CT molecular complexity index is 322. The first-order valence-electron chi connectivity index (χ1n) is 5.28. The van der Waals surface area contributed by atoms with Gasteiger partial charge in [0.25, 0.3) is 0 Å². The average Bonchev–Trinajstić information content (AvgIpc) is 3.03. The van der Waals surface area contributed by atoms with Crippen molar-refractivity contribution in [3.05, 3.63) is 30.1 Å². The van der Waals surface area contributed by atoms with Crippen LogP contribution in [0.2, 0.25) is 0 Å². The third-order valence-electron chi connectivity index (χ3n) is 2.36. The summed E-state index contributed by atoms with van der Waals surface area (Å²) in [5.41, 5.74) is 1.19. The molecule has 4 heteroatoms. The monoisotopic (exact) mass is 205 g/mol. The third-order valence-corrected chi connectivity index (χ3v) is 2.36. The summed E-state index contributed by atoms with van der Waals surface area (Å²) >= 11 is 0. The van der Waals surface area contributed by atoms with E-state index in [1.807, 2.05) is 12.1 Å². The Balaban J connectivity index is 1.63. The van der Waals surface area contributed by atoms with Gasteiger partial charge in [0, 0.05) is 25.0 Å². The summed E-state index contributed by atoms with van der Waals surface area (Å²) < 4.78 is 0. The van der Waals surface area contributed by atoms with Crippen LogP contribution in [0.15, 0.2) is 24.5 Å². The van der Waals surface area contributed by atoms with E-state index < -0.39 is 0 Å². The lowest BCUT2D eigenvalue weighted by Gasteiger charge is -2.05. The summed E-state index contributed by atoms with van der Waals surface area (Å²) in [6.45, 7) is 0.669. The van der Waals surface area contributed by atoms with Gasteiger partial charge < -0.3 is 10.6 Å². The number of hydrogen-bond acceptors (Lipinski definition) is 2. The number of aromatic nitrogens is 1. The molecule has 1 heterocycles. The lowest BCUT2D eigenvalue weighted by atomic mass is 10.2. The lowest BCUT2D eigenvalue weighted by molar-refractivity contribution is 0.240. The van der Waals surface area contributed by atoms with E-state index in [0.717, 1.165) is 19.3 Å². The zero-order valence-electron chi connectivity index (χ0n) is 8.57. The van der Waals surface area contributed by atoms with Gasteiger partial charge in [0.2, 0.25) is 0 Å². The van der Waals surface area contributed by atoms with Gasteiger partial charge in [-0.15, -0.1) is 0 Å². The van der Waals surface area contributed by atoms with Gasteiger partial charge in [-0.3, -0.25) is 4.98 Å². The molecule has 1 fully saturated rings. The van der Waals surface area contributed by atoms with Crippen molar-refractivity contribution in [1.82, 2.24) is 15.6 Å². The molecule has 2 amide bonds. The van der Waals surface area contributed by atoms with E-state index in [0.29, 0.717) is 12.6 Å². The number of carbonyl (C=O) groups is 1. The Morgan fingerprint density at radius 3 is 2.80 bits per heavy atom. The smallest absolute Gasteiger partial charge is 0.315 e. The second kappa shape index (κ2) is 4.77. The van der Waals surface area contributed by atoms with E-state index in [-0.39, 0.29) is 6.03 Å². The van der Waals surface area contributed by atoms with Gasteiger partial charge in [-0.1, -0.05) is 0 Å². The van der Waals surface area contributed by atoms with Crippen LogP contribution in [0.4, 0.5) is 4.79 Å². The Morgan fingerprint density at radius 1 is 1.40 bits per heavy atom. The SMILES string of the molecule is O=C(NCCc1ccncc1)NC1CC1. The van der Waals surface area contributed by atoms with E-state index in [4.69, 9.17) is 0 Å². The van der Waals surface area contributed by atoms with Crippen LogP contribution in [0.3, 0.4) is 0 Å². The summed E-state index contributed by atoms with van der Waals surface area (Å²) in [5.74, 6) is 0. The Kier molecular flexibility index (Phi) is 3.17.